The molecule has 1 atom stereocenters. The minimum atomic E-state index is 0.626. The maximum absolute atomic E-state index is 3.37. The first-order chi connectivity index (χ1) is 5.36. The molecule has 0 aromatic heterocycles. The maximum atomic E-state index is 3.37. The fourth-order valence-electron chi connectivity index (χ4n) is 1.49. The fraction of sp³-hybridized carbons (Fsp3) is 0.636. The van der Waals surface area contributed by atoms with Crippen molar-refractivity contribution in [2.24, 2.45) is 5.92 Å². The van der Waals surface area contributed by atoms with Crippen molar-refractivity contribution < 1.29 is 0 Å². The predicted molar refractivity (Wildman–Crippen MR) is 49.2 cm³/mol. The zero-order valence-corrected chi connectivity index (χ0v) is 7.56. The van der Waals surface area contributed by atoms with Gasteiger partial charge in [0.1, 0.15) is 0 Å². The van der Waals surface area contributed by atoms with Crippen LogP contribution >= 0.6 is 0 Å². The number of hydrogen-bond donors (Lipinski definition) is 0. The fourth-order valence-corrected chi connectivity index (χ4v) is 1.49. The zero-order chi connectivity index (χ0) is 8.10. The van der Waals surface area contributed by atoms with Gasteiger partial charge in [-0.05, 0) is 18.9 Å². The number of rotatable bonds is 4. The molecule has 1 aliphatic carbocycles. The van der Waals surface area contributed by atoms with E-state index in [1.807, 2.05) is 0 Å². The molecule has 1 aliphatic rings. The van der Waals surface area contributed by atoms with Gasteiger partial charge in [-0.15, -0.1) is 0 Å². The molecule has 0 amide bonds. The summed E-state index contributed by atoms with van der Waals surface area (Å²) in [5.41, 5.74) is 1.49. The molecule has 0 heterocycles. The van der Waals surface area contributed by atoms with Crippen molar-refractivity contribution in [2.45, 2.75) is 39.5 Å². The third-order valence-corrected chi connectivity index (χ3v) is 2.04. The standard InChI is InChI=1S/C11H17/c1-3-5-10-7-8-11(9-10)6-4-2/h7,9,11H,3-6H2,1-2H3. The Labute approximate surface area is 70.0 Å². The van der Waals surface area contributed by atoms with Gasteiger partial charge < -0.3 is 0 Å². The third kappa shape index (κ3) is 2.53. The van der Waals surface area contributed by atoms with Gasteiger partial charge in [-0.3, -0.25) is 0 Å². The number of hydrogen-bond acceptors (Lipinski definition) is 0. The molecule has 0 nitrogen and oxygen atoms in total. The molecule has 0 fully saturated rings. The van der Waals surface area contributed by atoms with Crippen LogP contribution in [0.5, 0.6) is 0 Å². The summed E-state index contributed by atoms with van der Waals surface area (Å²) in [4.78, 5) is 0. The van der Waals surface area contributed by atoms with Gasteiger partial charge in [-0.25, -0.2) is 0 Å². The van der Waals surface area contributed by atoms with Crippen LogP contribution in [0.3, 0.4) is 0 Å². The van der Waals surface area contributed by atoms with Gasteiger partial charge in [0.05, 0.1) is 0 Å². The largest absolute Gasteiger partial charge is 0.0738 e. The van der Waals surface area contributed by atoms with Crippen molar-refractivity contribution in [3.05, 3.63) is 23.8 Å². The molecule has 1 radical (unpaired) electrons. The molecule has 0 aliphatic heterocycles. The summed E-state index contributed by atoms with van der Waals surface area (Å²) in [6.45, 7) is 4.45. The quantitative estimate of drug-likeness (QED) is 0.574. The van der Waals surface area contributed by atoms with Gasteiger partial charge in [0, 0.05) is 5.92 Å². The van der Waals surface area contributed by atoms with E-state index in [-0.39, 0.29) is 0 Å². The lowest BCUT2D eigenvalue weighted by molar-refractivity contribution is 0.682. The molecule has 0 aromatic carbocycles. The summed E-state index contributed by atoms with van der Waals surface area (Å²) >= 11 is 0. The Morgan fingerprint density at radius 3 is 2.82 bits per heavy atom. The minimum absolute atomic E-state index is 0.626. The Bertz CT molecular complexity index is 163. The highest BCUT2D eigenvalue weighted by Gasteiger charge is 2.07. The maximum Gasteiger partial charge on any atom is 0.00267 e. The molecule has 1 unspecified atom stereocenters. The molecule has 0 N–H and O–H groups in total. The molecule has 0 aromatic rings. The van der Waals surface area contributed by atoms with Gasteiger partial charge >= 0.3 is 0 Å². The first-order valence-corrected chi connectivity index (χ1v) is 4.66. The normalized spacial score (nSPS) is 22.4. The van der Waals surface area contributed by atoms with E-state index in [1.54, 1.807) is 0 Å². The Morgan fingerprint density at radius 1 is 1.36 bits per heavy atom. The van der Waals surface area contributed by atoms with Crippen LogP contribution in [0.4, 0.5) is 0 Å². The average Bonchev–Trinajstić information content (AvgIpc) is 2.38. The molecule has 1 rings (SSSR count). The molecule has 0 heteroatoms. The highest BCUT2D eigenvalue weighted by molar-refractivity contribution is 5.25. The van der Waals surface area contributed by atoms with Crippen LogP contribution in [0.1, 0.15) is 39.5 Å². The minimum Gasteiger partial charge on any atom is -0.0738 e. The van der Waals surface area contributed by atoms with Crippen LogP contribution in [0.2, 0.25) is 0 Å². The van der Waals surface area contributed by atoms with Crippen molar-refractivity contribution in [3.8, 4) is 0 Å². The Kier molecular flexibility index (Phi) is 3.41. The second-order valence-electron chi connectivity index (χ2n) is 3.20. The second kappa shape index (κ2) is 4.38. The lowest BCUT2D eigenvalue weighted by Gasteiger charge is -1.99. The molecule has 0 saturated heterocycles. The van der Waals surface area contributed by atoms with E-state index >= 15 is 0 Å². The van der Waals surface area contributed by atoms with Crippen LogP contribution in [0.25, 0.3) is 0 Å². The van der Waals surface area contributed by atoms with Gasteiger partial charge in [-0.2, -0.15) is 0 Å². The van der Waals surface area contributed by atoms with Crippen LogP contribution in [0, 0.1) is 12.0 Å². The van der Waals surface area contributed by atoms with Gasteiger partial charge in [0.25, 0.3) is 0 Å². The second-order valence-corrected chi connectivity index (χ2v) is 3.20. The molecule has 61 valence electrons. The summed E-state index contributed by atoms with van der Waals surface area (Å²) < 4.78 is 0. The lowest BCUT2D eigenvalue weighted by atomic mass is 10.1. The van der Waals surface area contributed by atoms with Crippen LogP contribution < -0.4 is 0 Å². The van der Waals surface area contributed by atoms with Crippen molar-refractivity contribution in [1.29, 1.82) is 0 Å². The Morgan fingerprint density at radius 2 is 2.18 bits per heavy atom. The molecular formula is C11H17. The molecule has 0 saturated carbocycles. The highest BCUT2D eigenvalue weighted by atomic mass is 14.1. The first-order valence-electron chi connectivity index (χ1n) is 4.66. The zero-order valence-electron chi connectivity index (χ0n) is 7.56. The van der Waals surface area contributed by atoms with Crippen LogP contribution in [-0.4, -0.2) is 0 Å². The van der Waals surface area contributed by atoms with Gasteiger partial charge in [0.15, 0.2) is 0 Å². The predicted octanol–water partition coefficient (Wildman–Crippen LogP) is 3.50. The van der Waals surface area contributed by atoms with E-state index in [0.717, 1.165) is 0 Å². The molecule has 11 heavy (non-hydrogen) atoms. The summed E-state index contributed by atoms with van der Waals surface area (Å²) in [5, 5.41) is 0. The van der Waals surface area contributed by atoms with Crippen molar-refractivity contribution in [2.75, 3.05) is 0 Å². The van der Waals surface area contributed by atoms with Gasteiger partial charge in [0.2, 0.25) is 0 Å². The topological polar surface area (TPSA) is 0 Å². The number of allylic oxidation sites excluding steroid dienone is 4. The molecule has 0 spiro atoms. The van der Waals surface area contributed by atoms with E-state index in [2.05, 4.69) is 32.1 Å². The van der Waals surface area contributed by atoms with E-state index < -0.39 is 0 Å². The summed E-state index contributed by atoms with van der Waals surface area (Å²) in [6, 6.07) is 0. The van der Waals surface area contributed by atoms with E-state index in [4.69, 9.17) is 0 Å². The lowest BCUT2D eigenvalue weighted by Crippen LogP contribution is -1.87. The monoisotopic (exact) mass is 149 g/mol. The summed E-state index contributed by atoms with van der Waals surface area (Å²) in [5.74, 6) is 0.626. The Balaban J connectivity index is 2.36. The van der Waals surface area contributed by atoms with Crippen molar-refractivity contribution in [3.63, 3.8) is 0 Å². The van der Waals surface area contributed by atoms with E-state index in [9.17, 15) is 0 Å². The van der Waals surface area contributed by atoms with Crippen molar-refractivity contribution >= 4 is 0 Å². The summed E-state index contributed by atoms with van der Waals surface area (Å²) in [6.07, 6.45) is 12.9. The highest BCUT2D eigenvalue weighted by Crippen LogP contribution is 2.22. The van der Waals surface area contributed by atoms with E-state index in [0.29, 0.717) is 5.92 Å². The molecular weight excluding hydrogens is 132 g/mol. The third-order valence-electron chi connectivity index (χ3n) is 2.04. The molecule has 0 bridgehead atoms. The SMILES string of the molecule is CCCC1=CC(CCC)[C]=C1. The van der Waals surface area contributed by atoms with E-state index in [1.165, 1.54) is 31.3 Å². The Hall–Kier alpha value is -0.520. The first kappa shape index (κ1) is 8.58. The van der Waals surface area contributed by atoms with Crippen molar-refractivity contribution in [1.82, 2.24) is 0 Å². The van der Waals surface area contributed by atoms with Gasteiger partial charge in [-0.1, -0.05) is 44.4 Å². The average molecular weight is 149 g/mol. The van der Waals surface area contributed by atoms with Crippen LogP contribution in [0.15, 0.2) is 17.7 Å². The smallest absolute Gasteiger partial charge is 0.00267 e. The summed E-state index contributed by atoms with van der Waals surface area (Å²) in [7, 11) is 0. The van der Waals surface area contributed by atoms with Crippen LogP contribution in [-0.2, 0) is 0 Å².